The van der Waals surface area contributed by atoms with Crippen molar-refractivity contribution in [2.24, 2.45) is 11.7 Å². The lowest BCUT2D eigenvalue weighted by Gasteiger charge is -2.24. The van der Waals surface area contributed by atoms with Crippen molar-refractivity contribution in [3.63, 3.8) is 0 Å². The van der Waals surface area contributed by atoms with Gasteiger partial charge < -0.3 is 19.7 Å². The Morgan fingerprint density at radius 1 is 1.24 bits per heavy atom. The first-order valence-electron chi connectivity index (χ1n) is 7.16. The molecular formula is C15H17N3O3. The molecule has 0 saturated heterocycles. The molecule has 1 fully saturated rings. The fraction of sp³-hybridized carbons (Fsp3) is 0.467. The van der Waals surface area contributed by atoms with Crippen molar-refractivity contribution in [2.45, 2.75) is 31.4 Å². The number of hydrogen-bond acceptors (Lipinski definition) is 6. The Labute approximate surface area is 122 Å². The SMILES string of the molecule is CC(N)(c1nc(C2COc3ccccc3O2)no1)C1CC1. The van der Waals surface area contributed by atoms with Gasteiger partial charge in [-0.2, -0.15) is 4.98 Å². The van der Waals surface area contributed by atoms with Gasteiger partial charge in [-0.05, 0) is 37.8 Å². The summed E-state index contributed by atoms with van der Waals surface area (Å²) in [7, 11) is 0. The maximum Gasteiger partial charge on any atom is 0.246 e. The molecule has 1 aromatic carbocycles. The number of benzene rings is 1. The van der Waals surface area contributed by atoms with E-state index in [4.69, 9.17) is 19.7 Å². The van der Waals surface area contributed by atoms with E-state index in [1.807, 2.05) is 31.2 Å². The van der Waals surface area contributed by atoms with Gasteiger partial charge in [-0.25, -0.2) is 0 Å². The zero-order chi connectivity index (χ0) is 14.4. The molecule has 2 heterocycles. The van der Waals surface area contributed by atoms with Crippen molar-refractivity contribution in [1.82, 2.24) is 10.1 Å². The van der Waals surface area contributed by atoms with Crippen LogP contribution in [0, 0.1) is 5.92 Å². The van der Waals surface area contributed by atoms with E-state index in [0.717, 1.165) is 18.6 Å². The summed E-state index contributed by atoms with van der Waals surface area (Å²) in [4.78, 5) is 4.43. The number of nitrogens with two attached hydrogens (primary N) is 1. The summed E-state index contributed by atoms with van der Waals surface area (Å²) in [5, 5.41) is 4.02. The van der Waals surface area contributed by atoms with E-state index in [1.54, 1.807) is 0 Å². The molecule has 2 atom stereocenters. The maximum atomic E-state index is 6.29. The average molecular weight is 287 g/mol. The third-order valence-electron chi connectivity index (χ3n) is 4.12. The van der Waals surface area contributed by atoms with Gasteiger partial charge in [-0.3, -0.25) is 0 Å². The van der Waals surface area contributed by atoms with Crippen LogP contribution in [-0.4, -0.2) is 16.7 Å². The van der Waals surface area contributed by atoms with Gasteiger partial charge in [-0.15, -0.1) is 0 Å². The van der Waals surface area contributed by atoms with Crippen LogP contribution in [0.4, 0.5) is 0 Å². The highest BCUT2D eigenvalue weighted by Crippen LogP contribution is 2.43. The average Bonchev–Trinajstić information content (AvgIpc) is 3.24. The molecule has 1 aliphatic heterocycles. The minimum Gasteiger partial charge on any atom is -0.485 e. The van der Waals surface area contributed by atoms with Crippen molar-refractivity contribution in [1.29, 1.82) is 0 Å². The summed E-state index contributed by atoms with van der Waals surface area (Å²) in [6.07, 6.45) is 1.86. The van der Waals surface area contributed by atoms with Crippen LogP contribution in [0.15, 0.2) is 28.8 Å². The Kier molecular flexibility index (Phi) is 2.68. The predicted molar refractivity (Wildman–Crippen MR) is 73.9 cm³/mol. The molecule has 0 amide bonds. The number of rotatable bonds is 3. The minimum absolute atomic E-state index is 0.362. The first-order valence-corrected chi connectivity index (χ1v) is 7.16. The number of nitrogens with zero attached hydrogens (tertiary/aromatic N) is 2. The van der Waals surface area contributed by atoms with Crippen LogP contribution in [0.5, 0.6) is 11.5 Å². The van der Waals surface area contributed by atoms with E-state index >= 15 is 0 Å². The normalized spacial score (nSPS) is 23.6. The molecule has 1 aromatic heterocycles. The topological polar surface area (TPSA) is 83.4 Å². The van der Waals surface area contributed by atoms with E-state index in [1.165, 1.54) is 0 Å². The molecule has 6 heteroatoms. The van der Waals surface area contributed by atoms with Crippen LogP contribution in [-0.2, 0) is 5.54 Å². The molecule has 2 aromatic rings. The highest BCUT2D eigenvalue weighted by Gasteiger charge is 2.44. The minimum atomic E-state index is -0.557. The summed E-state index contributed by atoms with van der Waals surface area (Å²) >= 11 is 0. The van der Waals surface area contributed by atoms with E-state index in [0.29, 0.717) is 30.0 Å². The summed E-state index contributed by atoms with van der Waals surface area (Å²) < 4.78 is 16.9. The van der Waals surface area contributed by atoms with E-state index in [-0.39, 0.29) is 6.10 Å². The van der Waals surface area contributed by atoms with Gasteiger partial charge in [-0.1, -0.05) is 17.3 Å². The van der Waals surface area contributed by atoms with Crippen molar-refractivity contribution < 1.29 is 14.0 Å². The second-order valence-corrected chi connectivity index (χ2v) is 5.88. The predicted octanol–water partition coefficient (Wildman–Crippen LogP) is 2.17. The first kappa shape index (κ1) is 12.6. The van der Waals surface area contributed by atoms with Gasteiger partial charge in [0.25, 0.3) is 0 Å². The van der Waals surface area contributed by atoms with Gasteiger partial charge in [0.1, 0.15) is 6.61 Å². The van der Waals surface area contributed by atoms with Gasteiger partial charge in [0.2, 0.25) is 11.7 Å². The van der Waals surface area contributed by atoms with E-state index < -0.39 is 5.54 Å². The molecule has 0 spiro atoms. The quantitative estimate of drug-likeness (QED) is 0.931. The zero-order valence-electron chi connectivity index (χ0n) is 11.8. The lowest BCUT2D eigenvalue weighted by atomic mass is 9.97. The molecule has 0 radical (unpaired) electrons. The van der Waals surface area contributed by atoms with Crippen LogP contribution in [0.2, 0.25) is 0 Å². The lowest BCUT2D eigenvalue weighted by molar-refractivity contribution is 0.0832. The van der Waals surface area contributed by atoms with Gasteiger partial charge in [0.05, 0.1) is 5.54 Å². The fourth-order valence-corrected chi connectivity index (χ4v) is 2.59. The lowest BCUT2D eigenvalue weighted by Crippen LogP contribution is -2.36. The molecular weight excluding hydrogens is 270 g/mol. The van der Waals surface area contributed by atoms with Crippen LogP contribution in [0.25, 0.3) is 0 Å². The first-order chi connectivity index (χ1) is 10.1. The Morgan fingerprint density at radius 3 is 2.76 bits per heavy atom. The van der Waals surface area contributed by atoms with Crippen molar-refractivity contribution in [2.75, 3.05) is 6.61 Å². The van der Waals surface area contributed by atoms with Crippen molar-refractivity contribution in [3.8, 4) is 11.5 Å². The second-order valence-electron chi connectivity index (χ2n) is 5.88. The van der Waals surface area contributed by atoms with Crippen LogP contribution in [0.3, 0.4) is 0 Å². The Morgan fingerprint density at radius 2 is 2.00 bits per heavy atom. The largest absolute Gasteiger partial charge is 0.485 e. The Hall–Kier alpha value is -2.08. The molecule has 4 rings (SSSR count). The molecule has 1 aliphatic carbocycles. The number of para-hydroxylation sites is 2. The summed E-state index contributed by atoms with van der Waals surface area (Å²) in [5.74, 6) is 2.81. The van der Waals surface area contributed by atoms with Gasteiger partial charge in [0.15, 0.2) is 17.6 Å². The third-order valence-corrected chi connectivity index (χ3v) is 4.12. The van der Waals surface area contributed by atoms with Crippen molar-refractivity contribution >= 4 is 0 Å². The van der Waals surface area contributed by atoms with Crippen molar-refractivity contribution in [3.05, 3.63) is 36.0 Å². The summed E-state index contributed by atoms with van der Waals surface area (Å²) in [6.45, 7) is 2.30. The monoisotopic (exact) mass is 287 g/mol. The Balaban J connectivity index is 1.57. The van der Waals surface area contributed by atoms with Crippen LogP contribution < -0.4 is 15.2 Å². The number of aromatic nitrogens is 2. The van der Waals surface area contributed by atoms with Gasteiger partial charge >= 0.3 is 0 Å². The molecule has 110 valence electrons. The second kappa shape index (κ2) is 4.46. The third kappa shape index (κ3) is 2.15. The molecule has 0 bridgehead atoms. The molecule has 1 saturated carbocycles. The summed E-state index contributed by atoms with van der Waals surface area (Å²) in [6, 6.07) is 7.54. The fourth-order valence-electron chi connectivity index (χ4n) is 2.59. The molecule has 6 nitrogen and oxygen atoms in total. The Bertz CT molecular complexity index is 664. The van der Waals surface area contributed by atoms with Gasteiger partial charge in [0, 0.05) is 0 Å². The molecule has 2 unspecified atom stereocenters. The highest BCUT2D eigenvalue weighted by atomic mass is 16.6. The number of fused-ring (bicyclic) bond motifs is 1. The zero-order valence-corrected chi connectivity index (χ0v) is 11.8. The summed E-state index contributed by atoms with van der Waals surface area (Å²) in [5.41, 5.74) is 5.74. The molecule has 2 aliphatic rings. The standard InChI is InChI=1S/C15H17N3O3/c1-15(16,9-6-7-9)14-17-13(18-21-14)12-8-19-10-4-2-3-5-11(10)20-12/h2-5,9,12H,6-8,16H2,1H3. The highest BCUT2D eigenvalue weighted by molar-refractivity contribution is 5.40. The number of ether oxygens (including phenoxy) is 2. The molecule has 21 heavy (non-hydrogen) atoms. The van der Waals surface area contributed by atoms with E-state index in [9.17, 15) is 0 Å². The number of hydrogen-bond donors (Lipinski definition) is 1. The maximum absolute atomic E-state index is 6.29. The van der Waals surface area contributed by atoms with E-state index in [2.05, 4.69) is 10.1 Å². The van der Waals surface area contributed by atoms with Crippen LogP contribution in [0.1, 0.15) is 37.6 Å². The smallest absolute Gasteiger partial charge is 0.246 e. The molecule has 2 N–H and O–H groups in total. The van der Waals surface area contributed by atoms with Crippen LogP contribution >= 0.6 is 0 Å².